The van der Waals surface area contributed by atoms with Crippen LogP contribution in [0.4, 0.5) is 17.1 Å². The van der Waals surface area contributed by atoms with Crippen LogP contribution in [-0.4, -0.2) is 80.8 Å². The molecule has 2 aliphatic heterocycles. The summed E-state index contributed by atoms with van der Waals surface area (Å²) >= 11 is 6.00. The number of pyridine rings is 1. The number of amidine groups is 1. The van der Waals surface area contributed by atoms with Crippen LogP contribution >= 0.6 is 11.6 Å². The molecular formula is C26H33ClN8O2. The third-order valence-corrected chi connectivity index (χ3v) is 6.45. The average molecular weight is 525 g/mol. The van der Waals surface area contributed by atoms with Gasteiger partial charge >= 0.3 is 0 Å². The lowest BCUT2D eigenvalue weighted by Gasteiger charge is -2.31. The van der Waals surface area contributed by atoms with Gasteiger partial charge in [0.15, 0.2) is 0 Å². The quantitative estimate of drug-likeness (QED) is 0.160. The first-order valence-corrected chi connectivity index (χ1v) is 12.7. The molecule has 2 aliphatic rings. The monoisotopic (exact) mass is 524 g/mol. The fourth-order valence-corrected chi connectivity index (χ4v) is 4.52. The lowest BCUT2D eigenvalue weighted by atomic mass is 10.0. The Hall–Kier alpha value is -3.63. The molecule has 0 aliphatic carbocycles. The molecule has 11 heteroatoms. The van der Waals surface area contributed by atoms with Crippen LogP contribution in [0.25, 0.3) is 0 Å². The number of nitrogens with one attached hydrogen (secondary N) is 3. The zero-order valence-electron chi connectivity index (χ0n) is 21.3. The van der Waals surface area contributed by atoms with Crippen molar-refractivity contribution in [3.63, 3.8) is 0 Å². The molecule has 1 aromatic carbocycles. The van der Waals surface area contributed by atoms with E-state index in [2.05, 4.69) is 42.8 Å². The van der Waals surface area contributed by atoms with E-state index in [1.165, 1.54) is 0 Å². The topological polar surface area (TPSA) is 106 Å². The van der Waals surface area contributed by atoms with Crippen molar-refractivity contribution in [3.8, 4) is 0 Å². The van der Waals surface area contributed by atoms with Crippen molar-refractivity contribution in [2.24, 2.45) is 9.98 Å². The zero-order valence-corrected chi connectivity index (χ0v) is 22.0. The number of hydrogen-bond donors (Lipinski definition) is 3. The van der Waals surface area contributed by atoms with E-state index in [-0.39, 0.29) is 11.9 Å². The van der Waals surface area contributed by atoms with Gasteiger partial charge in [-0.1, -0.05) is 0 Å². The van der Waals surface area contributed by atoms with Crippen molar-refractivity contribution in [1.82, 2.24) is 15.3 Å². The number of aromatic nitrogens is 1. The first kappa shape index (κ1) is 26.4. The molecule has 3 N–H and O–H groups in total. The summed E-state index contributed by atoms with van der Waals surface area (Å²) in [5, 5.41) is 3.15. The standard InChI is InChI=1S/C26H33ClN8O2/c1-18-12-19(28-2)14-20(13-18)32-33-25(31-17-27)22-16-35(7-6-23(22)29-3)26(36)24-5-4-21(15-30-24)34-8-10-37-11-9-34/h4-5,12-15,28,32H,3,6-11,16-17H2,1-2H3,(H,31,33). The summed E-state index contributed by atoms with van der Waals surface area (Å²) in [6, 6.07) is 9.80. The fraction of sp³-hybridized carbons (Fsp3) is 0.385. The van der Waals surface area contributed by atoms with Gasteiger partial charge in [0.25, 0.3) is 5.91 Å². The summed E-state index contributed by atoms with van der Waals surface area (Å²) in [5.74, 6) is 0.364. The van der Waals surface area contributed by atoms with Crippen LogP contribution < -0.4 is 21.1 Å². The number of ether oxygens (including phenoxy) is 1. The molecule has 1 amide bonds. The highest BCUT2D eigenvalue weighted by atomic mass is 35.5. The molecule has 0 radical (unpaired) electrons. The second kappa shape index (κ2) is 12.6. The van der Waals surface area contributed by atoms with E-state index in [0.717, 1.165) is 47.0 Å². The van der Waals surface area contributed by atoms with Gasteiger partial charge in [0.2, 0.25) is 0 Å². The number of rotatable bonds is 8. The minimum absolute atomic E-state index is 0.0476. The molecule has 0 atom stereocenters. The van der Waals surface area contributed by atoms with E-state index in [0.29, 0.717) is 44.3 Å². The predicted molar refractivity (Wildman–Crippen MR) is 150 cm³/mol. The number of halogens is 1. The number of anilines is 3. The van der Waals surface area contributed by atoms with Crippen LogP contribution in [0, 0.1) is 6.92 Å². The number of morpholine rings is 1. The number of aliphatic imine (C=N–C) groups is 2. The number of amides is 1. The molecule has 10 nitrogen and oxygen atoms in total. The molecule has 3 heterocycles. The lowest BCUT2D eigenvalue weighted by molar-refractivity contribution is 0.0760. The first-order valence-electron chi connectivity index (χ1n) is 12.2. The van der Waals surface area contributed by atoms with Crippen molar-refractivity contribution in [2.45, 2.75) is 13.3 Å². The van der Waals surface area contributed by atoms with Crippen molar-refractivity contribution >= 4 is 47.1 Å². The molecule has 1 saturated heterocycles. The van der Waals surface area contributed by atoms with Crippen LogP contribution in [-0.2, 0) is 4.74 Å². The molecule has 0 bridgehead atoms. The van der Waals surface area contributed by atoms with E-state index in [1.54, 1.807) is 17.2 Å². The smallest absolute Gasteiger partial charge is 0.272 e. The van der Waals surface area contributed by atoms with Gasteiger partial charge in [-0.2, -0.15) is 0 Å². The Morgan fingerprint density at radius 3 is 2.65 bits per heavy atom. The SMILES string of the molecule is C=NC1=C(/C(=N\CCl)NNc2cc(C)cc(NC)c2)CN(C(=O)c2ccc(N3CCOCC3)cn2)CC1. The predicted octanol–water partition coefficient (Wildman–Crippen LogP) is 3.28. The van der Waals surface area contributed by atoms with Crippen LogP contribution in [0.5, 0.6) is 0 Å². The molecular weight excluding hydrogens is 492 g/mol. The van der Waals surface area contributed by atoms with E-state index < -0.39 is 0 Å². The molecule has 1 aromatic heterocycles. The molecule has 196 valence electrons. The van der Waals surface area contributed by atoms with Crippen molar-refractivity contribution < 1.29 is 9.53 Å². The normalized spacial score (nSPS) is 16.5. The largest absolute Gasteiger partial charge is 0.388 e. The van der Waals surface area contributed by atoms with Crippen LogP contribution in [0.15, 0.2) is 57.8 Å². The number of alkyl halides is 1. The number of hydrogen-bond acceptors (Lipinski definition) is 8. The summed E-state index contributed by atoms with van der Waals surface area (Å²) in [6.07, 6.45) is 2.30. The van der Waals surface area contributed by atoms with Gasteiger partial charge in [0, 0.05) is 44.4 Å². The van der Waals surface area contributed by atoms with E-state index >= 15 is 0 Å². The number of carbonyl (C=O) groups excluding carboxylic acids is 1. The van der Waals surface area contributed by atoms with Crippen LogP contribution in [0.3, 0.4) is 0 Å². The van der Waals surface area contributed by atoms with Gasteiger partial charge < -0.3 is 19.9 Å². The number of nitrogens with zero attached hydrogens (tertiary/aromatic N) is 5. The van der Waals surface area contributed by atoms with Gasteiger partial charge in [0.05, 0.1) is 43.0 Å². The average Bonchev–Trinajstić information content (AvgIpc) is 2.94. The molecule has 4 rings (SSSR count). The minimum Gasteiger partial charge on any atom is -0.388 e. The second-order valence-corrected chi connectivity index (χ2v) is 9.01. The third kappa shape index (κ3) is 6.58. The lowest BCUT2D eigenvalue weighted by Crippen LogP contribution is -2.42. The summed E-state index contributed by atoms with van der Waals surface area (Å²) in [7, 11) is 1.87. The Bertz CT molecular complexity index is 1180. The summed E-state index contributed by atoms with van der Waals surface area (Å²) in [5.41, 5.74) is 12.2. The highest BCUT2D eigenvalue weighted by molar-refractivity contribution is 6.18. The molecule has 0 saturated carbocycles. The number of benzene rings is 1. The molecule has 1 fully saturated rings. The van der Waals surface area contributed by atoms with Crippen molar-refractivity contribution in [3.05, 3.63) is 59.1 Å². The zero-order chi connectivity index (χ0) is 26.2. The number of carbonyl (C=O) groups is 1. The van der Waals surface area contributed by atoms with Crippen molar-refractivity contribution in [2.75, 3.05) is 68.1 Å². The summed E-state index contributed by atoms with van der Waals surface area (Å²) in [6.45, 7) is 9.58. The maximum absolute atomic E-state index is 13.3. The molecule has 2 aromatic rings. The highest BCUT2D eigenvalue weighted by Gasteiger charge is 2.27. The number of aryl methyl sites for hydroxylation is 1. The Labute approximate surface area is 222 Å². The fourth-order valence-electron chi connectivity index (χ4n) is 4.40. The Balaban J connectivity index is 1.48. The molecule has 0 unspecified atom stereocenters. The van der Waals surface area contributed by atoms with Gasteiger partial charge in [-0.25, -0.2) is 4.98 Å². The highest BCUT2D eigenvalue weighted by Crippen LogP contribution is 2.23. The summed E-state index contributed by atoms with van der Waals surface area (Å²) in [4.78, 5) is 30.4. The minimum atomic E-state index is -0.148. The van der Waals surface area contributed by atoms with Gasteiger partial charge in [0.1, 0.15) is 17.5 Å². The number of hydrazine groups is 1. The maximum atomic E-state index is 13.3. The van der Waals surface area contributed by atoms with E-state index in [1.807, 2.05) is 38.2 Å². The third-order valence-electron chi connectivity index (χ3n) is 6.33. The van der Waals surface area contributed by atoms with Crippen LogP contribution in [0.1, 0.15) is 22.5 Å². The molecule has 0 spiro atoms. The Kier molecular flexibility index (Phi) is 8.97. The van der Waals surface area contributed by atoms with Crippen LogP contribution in [0.2, 0.25) is 0 Å². The Morgan fingerprint density at radius 1 is 1.19 bits per heavy atom. The van der Waals surface area contributed by atoms with Gasteiger partial charge in [-0.05, 0) is 49.5 Å². The van der Waals surface area contributed by atoms with Gasteiger partial charge in [-0.15, -0.1) is 11.6 Å². The van der Waals surface area contributed by atoms with E-state index in [4.69, 9.17) is 16.3 Å². The van der Waals surface area contributed by atoms with Gasteiger partial charge in [-0.3, -0.25) is 25.6 Å². The second-order valence-electron chi connectivity index (χ2n) is 8.78. The van der Waals surface area contributed by atoms with E-state index in [9.17, 15) is 4.79 Å². The Morgan fingerprint density at radius 2 is 1.97 bits per heavy atom. The van der Waals surface area contributed by atoms with Crippen molar-refractivity contribution in [1.29, 1.82) is 0 Å². The molecule has 37 heavy (non-hydrogen) atoms. The summed E-state index contributed by atoms with van der Waals surface area (Å²) < 4.78 is 5.42. The first-order chi connectivity index (χ1) is 18.0. The maximum Gasteiger partial charge on any atom is 0.272 e.